The Labute approximate surface area is 142 Å². The van der Waals surface area contributed by atoms with Gasteiger partial charge in [0, 0.05) is 5.92 Å². The summed E-state index contributed by atoms with van der Waals surface area (Å²) in [6.07, 6.45) is 0.664. The summed E-state index contributed by atoms with van der Waals surface area (Å²) in [5.74, 6) is -1.62. The van der Waals surface area contributed by atoms with Crippen LogP contribution >= 0.6 is 11.3 Å². The maximum absolute atomic E-state index is 12.3. The topological polar surface area (TPSA) is 111 Å². The Hall–Kier alpha value is -2.42. The highest BCUT2D eigenvalue weighted by Gasteiger charge is 2.33. The van der Waals surface area contributed by atoms with E-state index in [-0.39, 0.29) is 33.9 Å². The maximum atomic E-state index is 12.3. The molecule has 3 amide bonds. The van der Waals surface area contributed by atoms with Gasteiger partial charge in [0.1, 0.15) is 9.88 Å². The highest BCUT2D eigenvalue weighted by molar-refractivity contribution is 7.18. The molecule has 1 aliphatic carbocycles. The molecule has 1 aromatic rings. The number of alkyl carbamates (subject to hydrolysis) is 1. The number of esters is 1. The van der Waals surface area contributed by atoms with Crippen LogP contribution in [0.5, 0.6) is 0 Å². The van der Waals surface area contributed by atoms with E-state index in [2.05, 4.69) is 10.1 Å². The van der Waals surface area contributed by atoms with Gasteiger partial charge in [-0.05, 0) is 32.3 Å². The molecule has 0 unspecified atom stereocenters. The molecule has 2 N–H and O–H groups in total. The van der Waals surface area contributed by atoms with Crippen molar-refractivity contribution in [3.63, 3.8) is 0 Å². The Bertz CT molecular complexity index is 692. The first-order chi connectivity index (χ1) is 11.4. The van der Waals surface area contributed by atoms with Crippen molar-refractivity contribution in [2.24, 2.45) is 5.92 Å². The van der Waals surface area contributed by atoms with Crippen LogP contribution < -0.4 is 10.6 Å². The van der Waals surface area contributed by atoms with Crippen LogP contribution in [0.1, 0.15) is 45.4 Å². The highest BCUT2D eigenvalue weighted by atomic mass is 32.1. The second-order valence-electron chi connectivity index (χ2n) is 5.19. The minimum absolute atomic E-state index is 0.0578. The standard InChI is InChI=1S/C15H18N2O6S/c1-4-23-14(20)10-7(2)9(12(19)17-15(21)22-3)13(24-10)16-11(18)8-5-6-8/h8H,4-6H2,1-3H3,(H,16,18)(H,17,19,21). The fraction of sp³-hybridized carbons (Fsp3) is 0.467. The van der Waals surface area contributed by atoms with Gasteiger partial charge in [-0.1, -0.05) is 0 Å². The molecule has 0 radical (unpaired) electrons. The highest BCUT2D eigenvalue weighted by Crippen LogP contribution is 2.36. The molecule has 0 atom stereocenters. The molecule has 1 aliphatic rings. The third kappa shape index (κ3) is 3.91. The summed E-state index contributed by atoms with van der Waals surface area (Å²) in [5.41, 5.74) is 0.397. The van der Waals surface area contributed by atoms with E-state index in [1.807, 2.05) is 5.32 Å². The van der Waals surface area contributed by atoms with Gasteiger partial charge in [-0.3, -0.25) is 14.9 Å². The molecule has 1 fully saturated rings. The first-order valence-electron chi connectivity index (χ1n) is 7.39. The van der Waals surface area contributed by atoms with Gasteiger partial charge in [0.25, 0.3) is 5.91 Å². The van der Waals surface area contributed by atoms with Crippen LogP contribution in [0.2, 0.25) is 0 Å². The van der Waals surface area contributed by atoms with Crippen molar-refractivity contribution in [3.8, 4) is 0 Å². The van der Waals surface area contributed by atoms with E-state index < -0.39 is 18.0 Å². The third-order valence-corrected chi connectivity index (χ3v) is 4.61. The Morgan fingerprint density at radius 1 is 1.25 bits per heavy atom. The fourth-order valence-electron chi connectivity index (χ4n) is 2.03. The van der Waals surface area contributed by atoms with E-state index in [4.69, 9.17) is 4.74 Å². The molecule has 1 saturated carbocycles. The lowest BCUT2D eigenvalue weighted by Crippen LogP contribution is -2.31. The number of nitrogens with one attached hydrogen (secondary N) is 2. The first kappa shape index (κ1) is 17.9. The Morgan fingerprint density at radius 3 is 2.46 bits per heavy atom. The number of rotatable bonds is 5. The van der Waals surface area contributed by atoms with Crippen molar-refractivity contribution in [1.29, 1.82) is 0 Å². The largest absolute Gasteiger partial charge is 0.462 e. The number of carbonyl (C=O) groups excluding carboxylic acids is 4. The average Bonchev–Trinajstić information content (AvgIpc) is 3.32. The van der Waals surface area contributed by atoms with Gasteiger partial charge in [-0.15, -0.1) is 11.3 Å². The summed E-state index contributed by atoms with van der Waals surface area (Å²) >= 11 is 0.951. The van der Waals surface area contributed by atoms with Crippen LogP contribution in [0.25, 0.3) is 0 Å². The van der Waals surface area contributed by atoms with Crippen molar-refractivity contribution in [2.75, 3.05) is 19.0 Å². The molecule has 0 saturated heterocycles. The predicted octanol–water partition coefficient (Wildman–Crippen LogP) is 2.08. The van der Waals surface area contributed by atoms with Gasteiger partial charge in [0.2, 0.25) is 5.91 Å². The minimum atomic E-state index is -0.928. The van der Waals surface area contributed by atoms with Crippen LogP contribution in [-0.2, 0) is 14.3 Å². The third-order valence-electron chi connectivity index (χ3n) is 3.42. The van der Waals surface area contributed by atoms with Crippen LogP contribution in [-0.4, -0.2) is 37.6 Å². The number of methoxy groups -OCH3 is 1. The van der Waals surface area contributed by atoms with Crippen LogP contribution in [0.3, 0.4) is 0 Å². The lowest BCUT2D eigenvalue weighted by Gasteiger charge is -2.07. The molecule has 2 rings (SSSR count). The molecule has 0 bridgehead atoms. The number of hydrogen-bond donors (Lipinski definition) is 2. The zero-order valence-corrected chi connectivity index (χ0v) is 14.4. The van der Waals surface area contributed by atoms with Crippen LogP contribution in [0, 0.1) is 12.8 Å². The lowest BCUT2D eigenvalue weighted by molar-refractivity contribution is -0.117. The molecule has 0 spiro atoms. The monoisotopic (exact) mass is 354 g/mol. The van der Waals surface area contributed by atoms with Gasteiger partial charge in [-0.2, -0.15) is 0 Å². The average molecular weight is 354 g/mol. The van der Waals surface area contributed by atoms with Crippen LogP contribution in [0.4, 0.5) is 9.80 Å². The lowest BCUT2D eigenvalue weighted by atomic mass is 10.1. The molecule has 130 valence electrons. The first-order valence-corrected chi connectivity index (χ1v) is 8.21. The maximum Gasteiger partial charge on any atom is 0.413 e. The van der Waals surface area contributed by atoms with E-state index in [1.165, 1.54) is 0 Å². The number of ether oxygens (including phenoxy) is 2. The summed E-state index contributed by atoms with van der Waals surface area (Å²) < 4.78 is 9.36. The van der Waals surface area contributed by atoms with Gasteiger partial charge < -0.3 is 14.8 Å². The number of hydrogen-bond acceptors (Lipinski definition) is 7. The van der Waals surface area contributed by atoms with Crippen molar-refractivity contribution in [2.45, 2.75) is 26.7 Å². The quantitative estimate of drug-likeness (QED) is 0.783. The van der Waals surface area contributed by atoms with Crippen molar-refractivity contribution in [1.82, 2.24) is 5.32 Å². The molecule has 0 aromatic carbocycles. The SMILES string of the molecule is CCOC(=O)c1sc(NC(=O)C2CC2)c(C(=O)NC(=O)OC)c1C. The molecule has 9 heteroatoms. The van der Waals surface area contributed by atoms with Gasteiger partial charge in [-0.25, -0.2) is 9.59 Å². The van der Waals surface area contributed by atoms with E-state index >= 15 is 0 Å². The molecule has 0 aliphatic heterocycles. The van der Waals surface area contributed by atoms with Crippen molar-refractivity contribution >= 4 is 40.2 Å². The summed E-state index contributed by atoms with van der Waals surface area (Å²) in [5, 5.41) is 4.91. The Kier molecular flexibility index (Phi) is 5.55. The zero-order chi connectivity index (χ0) is 17.9. The number of amides is 3. The summed E-state index contributed by atoms with van der Waals surface area (Å²) in [4.78, 5) is 47.8. The second kappa shape index (κ2) is 7.43. The minimum Gasteiger partial charge on any atom is -0.462 e. The predicted molar refractivity (Wildman–Crippen MR) is 86.2 cm³/mol. The van der Waals surface area contributed by atoms with E-state index in [0.29, 0.717) is 5.56 Å². The van der Waals surface area contributed by atoms with Gasteiger partial charge >= 0.3 is 12.1 Å². The molecular formula is C15H18N2O6S. The zero-order valence-electron chi connectivity index (χ0n) is 13.6. The number of carbonyl (C=O) groups is 4. The normalized spacial score (nSPS) is 13.1. The van der Waals surface area contributed by atoms with Crippen LogP contribution in [0.15, 0.2) is 0 Å². The van der Waals surface area contributed by atoms with E-state index in [0.717, 1.165) is 31.3 Å². The Morgan fingerprint density at radius 2 is 1.92 bits per heavy atom. The summed E-state index contributed by atoms with van der Waals surface area (Å²) in [6, 6.07) is 0. The molecule has 24 heavy (non-hydrogen) atoms. The second-order valence-corrected chi connectivity index (χ2v) is 6.21. The molecule has 1 heterocycles. The molecular weight excluding hydrogens is 336 g/mol. The van der Waals surface area contributed by atoms with Gasteiger partial charge in [0.05, 0.1) is 19.3 Å². The summed E-state index contributed by atoms with van der Waals surface area (Å²) in [7, 11) is 1.13. The van der Waals surface area contributed by atoms with Gasteiger partial charge in [0.15, 0.2) is 0 Å². The number of imide groups is 1. The molecule has 1 aromatic heterocycles. The summed E-state index contributed by atoms with van der Waals surface area (Å²) in [6.45, 7) is 3.41. The van der Waals surface area contributed by atoms with Crippen molar-refractivity contribution < 1.29 is 28.7 Å². The van der Waals surface area contributed by atoms with E-state index in [1.54, 1.807) is 13.8 Å². The fourth-order valence-corrected chi connectivity index (χ4v) is 3.13. The smallest absolute Gasteiger partial charge is 0.413 e. The molecule has 8 nitrogen and oxygen atoms in total. The van der Waals surface area contributed by atoms with Crippen molar-refractivity contribution in [3.05, 3.63) is 16.0 Å². The Balaban J connectivity index is 2.36. The van der Waals surface area contributed by atoms with E-state index in [9.17, 15) is 19.2 Å². The number of anilines is 1. The number of thiophene rings is 1.